The molecule has 8 nitrogen and oxygen atoms in total. The minimum Gasteiger partial charge on any atom is -0.451 e. The third kappa shape index (κ3) is 3.73. The van der Waals surface area contributed by atoms with Gasteiger partial charge in [0.15, 0.2) is 5.76 Å². The van der Waals surface area contributed by atoms with Crippen molar-refractivity contribution in [1.29, 1.82) is 0 Å². The number of halogens is 1. The number of amides is 2. The molecule has 1 saturated heterocycles. The van der Waals surface area contributed by atoms with Gasteiger partial charge in [0.2, 0.25) is 5.82 Å². The highest BCUT2D eigenvalue weighted by Gasteiger charge is 2.33. The Bertz CT molecular complexity index is 1280. The lowest BCUT2D eigenvalue weighted by atomic mass is 10.1. The number of carbonyl (C=O) groups is 2. The molecule has 3 heterocycles. The van der Waals surface area contributed by atoms with Crippen LogP contribution in [0.2, 0.25) is 5.02 Å². The van der Waals surface area contributed by atoms with Crippen molar-refractivity contribution in [2.24, 2.45) is 0 Å². The highest BCUT2D eigenvalue weighted by molar-refractivity contribution is 6.30. The molecule has 0 N–H and O–H groups in total. The summed E-state index contributed by atoms with van der Waals surface area (Å²) >= 11 is 6.04. The van der Waals surface area contributed by atoms with E-state index in [0.29, 0.717) is 36.0 Å². The summed E-state index contributed by atoms with van der Waals surface area (Å²) in [4.78, 5) is 33.6. The van der Waals surface area contributed by atoms with Crippen LogP contribution in [-0.4, -0.2) is 62.1 Å². The second-order valence-corrected chi connectivity index (χ2v) is 8.18. The van der Waals surface area contributed by atoms with Crippen LogP contribution in [-0.2, 0) is 0 Å². The number of para-hydroxylation sites is 1. The number of furan rings is 1. The van der Waals surface area contributed by atoms with Gasteiger partial charge >= 0.3 is 0 Å². The van der Waals surface area contributed by atoms with Gasteiger partial charge in [0.25, 0.3) is 11.8 Å². The van der Waals surface area contributed by atoms with Crippen molar-refractivity contribution in [3.05, 3.63) is 77.5 Å². The molecule has 0 spiro atoms. The molecular weight excluding hydrogens is 430 g/mol. The summed E-state index contributed by atoms with van der Waals surface area (Å²) < 4.78 is 7.23. The molecule has 1 fully saturated rings. The van der Waals surface area contributed by atoms with Crippen LogP contribution < -0.4 is 0 Å². The van der Waals surface area contributed by atoms with E-state index in [1.54, 1.807) is 34.1 Å². The van der Waals surface area contributed by atoms with Crippen molar-refractivity contribution in [1.82, 2.24) is 24.6 Å². The minimum absolute atomic E-state index is 0.105. The summed E-state index contributed by atoms with van der Waals surface area (Å²) in [5.41, 5.74) is 1.40. The van der Waals surface area contributed by atoms with Crippen LogP contribution in [0.15, 0.2) is 65.3 Å². The van der Waals surface area contributed by atoms with Gasteiger partial charge in [-0.15, -0.1) is 5.10 Å². The molecule has 2 aromatic heterocycles. The first-order chi connectivity index (χ1) is 15.5. The first-order valence-corrected chi connectivity index (χ1v) is 10.6. The number of hydrogen-bond donors (Lipinski definition) is 0. The van der Waals surface area contributed by atoms with E-state index in [2.05, 4.69) is 10.1 Å². The van der Waals surface area contributed by atoms with Crippen molar-refractivity contribution in [2.45, 2.75) is 13.0 Å². The Kier molecular flexibility index (Phi) is 5.14. The number of fused-ring (bicyclic) bond motifs is 1. The van der Waals surface area contributed by atoms with Crippen LogP contribution in [0.3, 0.4) is 0 Å². The van der Waals surface area contributed by atoms with Gasteiger partial charge < -0.3 is 14.2 Å². The molecule has 9 heteroatoms. The summed E-state index contributed by atoms with van der Waals surface area (Å²) in [5.74, 6) is -0.0355. The highest BCUT2D eigenvalue weighted by atomic mass is 35.5. The summed E-state index contributed by atoms with van der Waals surface area (Å²) in [6, 6.07) is 16.2. The molecule has 1 aliphatic rings. The predicted octanol–water partition coefficient (Wildman–Crippen LogP) is 3.65. The van der Waals surface area contributed by atoms with Gasteiger partial charge in [-0.2, -0.15) is 0 Å². The molecule has 0 saturated carbocycles. The van der Waals surface area contributed by atoms with Gasteiger partial charge in [0.05, 0.1) is 5.69 Å². The molecular formula is C23H20ClN5O3. The van der Waals surface area contributed by atoms with Crippen molar-refractivity contribution in [3.8, 4) is 5.69 Å². The van der Waals surface area contributed by atoms with Crippen molar-refractivity contribution in [3.63, 3.8) is 0 Å². The topological polar surface area (TPSA) is 84.5 Å². The zero-order valence-corrected chi connectivity index (χ0v) is 18.1. The number of piperazine rings is 1. The fourth-order valence-corrected chi connectivity index (χ4v) is 4.10. The largest absolute Gasteiger partial charge is 0.451 e. The molecule has 0 bridgehead atoms. The zero-order valence-electron chi connectivity index (χ0n) is 17.3. The van der Waals surface area contributed by atoms with E-state index in [-0.39, 0.29) is 23.7 Å². The molecule has 32 heavy (non-hydrogen) atoms. The van der Waals surface area contributed by atoms with Crippen LogP contribution >= 0.6 is 11.6 Å². The van der Waals surface area contributed by atoms with E-state index in [1.165, 1.54) is 11.0 Å². The van der Waals surface area contributed by atoms with Gasteiger partial charge in [0, 0.05) is 36.1 Å². The van der Waals surface area contributed by atoms with Crippen LogP contribution in [0.25, 0.3) is 16.7 Å². The van der Waals surface area contributed by atoms with Gasteiger partial charge in [-0.1, -0.05) is 35.9 Å². The average molecular weight is 450 g/mol. The molecule has 0 radical (unpaired) electrons. The third-order valence-corrected chi connectivity index (χ3v) is 5.80. The van der Waals surface area contributed by atoms with E-state index in [4.69, 9.17) is 16.0 Å². The Balaban J connectivity index is 1.28. The molecule has 162 valence electrons. The normalized spacial score (nSPS) is 16.5. The quantitative estimate of drug-likeness (QED) is 0.476. The second kappa shape index (κ2) is 8.12. The van der Waals surface area contributed by atoms with Gasteiger partial charge in [-0.3, -0.25) is 9.59 Å². The Labute approximate surface area is 189 Å². The monoisotopic (exact) mass is 449 g/mol. The van der Waals surface area contributed by atoms with Crippen molar-refractivity contribution < 1.29 is 14.0 Å². The van der Waals surface area contributed by atoms with Crippen LogP contribution in [0.1, 0.15) is 28.1 Å². The lowest BCUT2D eigenvalue weighted by Gasteiger charge is -2.39. The van der Waals surface area contributed by atoms with Crippen molar-refractivity contribution >= 4 is 34.4 Å². The molecule has 5 rings (SSSR count). The number of hydrogen-bond acceptors (Lipinski definition) is 5. The van der Waals surface area contributed by atoms with E-state index in [9.17, 15) is 9.59 Å². The summed E-state index contributed by atoms with van der Waals surface area (Å²) in [6.07, 6.45) is 1.49. The first-order valence-electron chi connectivity index (χ1n) is 10.3. The van der Waals surface area contributed by atoms with Crippen LogP contribution in [0.4, 0.5) is 0 Å². The molecule has 1 atom stereocenters. The highest BCUT2D eigenvalue weighted by Crippen LogP contribution is 2.22. The average Bonchev–Trinajstić information content (AvgIpc) is 3.45. The first kappa shape index (κ1) is 20.3. The van der Waals surface area contributed by atoms with Crippen LogP contribution in [0.5, 0.6) is 0 Å². The van der Waals surface area contributed by atoms with Gasteiger partial charge in [-0.05, 0) is 37.3 Å². The Morgan fingerprint density at radius 1 is 1.06 bits per heavy atom. The maximum absolute atomic E-state index is 13.0. The summed E-state index contributed by atoms with van der Waals surface area (Å²) in [6.45, 7) is 3.10. The SMILES string of the molecule is CC1CN(C(=O)c2cc3ccccc3o2)CCN1C(=O)c1ncn(-c2cccc(Cl)c2)n1. The third-order valence-electron chi connectivity index (χ3n) is 5.57. The molecule has 1 aliphatic heterocycles. The Morgan fingerprint density at radius 2 is 1.91 bits per heavy atom. The fraction of sp³-hybridized carbons (Fsp3) is 0.217. The maximum Gasteiger partial charge on any atom is 0.293 e. The summed E-state index contributed by atoms with van der Waals surface area (Å²) in [5, 5.41) is 5.78. The molecule has 2 amide bonds. The number of carbonyl (C=O) groups excluding carboxylic acids is 2. The van der Waals surface area contributed by atoms with E-state index in [1.807, 2.05) is 37.3 Å². The van der Waals surface area contributed by atoms with Gasteiger partial charge in [-0.25, -0.2) is 9.67 Å². The van der Waals surface area contributed by atoms with E-state index < -0.39 is 0 Å². The lowest BCUT2D eigenvalue weighted by Crippen LogP contribution is -2.55. The zero-order chi connectivity index (χ0) is 22.2. The maximum atomic E-state index is 13.0. The van der Waals surface area contributed by atoms with Gasteiger partial charge in [0.1, 0.15) is 11.9 Å². The standard InChI is InChI=1S/C23H20ClN5O3/c1-15-13-27(22(30)20-11-16-5-2-3-8-19(16)32-20)9-10-28(15)23(31)21-25-14-29(26-21)18-7-4-6-17(24)12-18/h2-8,11-12,14-15H,9-10,13H2,1H3. The smallest absolute Gasteiger partial charge is 0.293 e. The summed E-state index contributed by atoms with van der Waals surface area (Å²) in [7, 11) is 0. The van der Waals surface area contributed by atoms with E-state index in [0.717, 1.165) is 11.1 Å². The molecule has 1 unspecified atom stereocenters. The minimum atomic E-state index is -0.269. The molecule has 4 aromatic rings. The Morgan fingerprint density at radius 3 is 2.69 bits per heavy atom. The second-order valence-electron chi connectivity index (χ2n) is 7.74. The van der Waals surface area contributed by atoms with Crippen molar-refractivity contribution in [2.75, 3.05) is 19.6 Å². The number of aromatic nitrogens is 3. The predicted molar refractivity (Wildman–Crippen MR) is 119 cm³/mol. The molecule has 2 aromatic carbocycles. The lowest BCUT2D eigenvalue weighted by molar-refractivity contribution is 0.0393. The number of benzene rings is 2. The van der Waals surface area contributed by atoms with E-state index >= 15 is 0 Å². The number of nitrogens with zero attached hydrogens (tertiary/aromatic N) is 5. The van der Waals surface area contributed by atoms with Crippen LogP contribution in [0, 0.1) is 0 Å². The Hall–Kier alpha value is -3.65. The molecule has 0 aliphatic carbocycles. The fourth-order valence-electron chi connectivity index (χ4n) is 3.92. The number of rotatable bonds is 3.